The highest BCUT2D eigenvalue weighted by Crippen LogP contribution is 2.08. The first-order chi connectivity index (χ1) is 7.78. The average Bonchev–Trinajstić information content (AvgIpc) is 2.19. The summed E-state index contributed by atoms with van der Waals surface area (Å²) in [5.41, 5.74) is -0.870. The minimum absolute atomic E-state index is 0.0724. The molecule has 0 atom stereocenters. The van der Waals surface area contributed by atoms with E-state index in [9.17, 15) is 9.90 Å². The Morgan fingerprint density at radius 1 is 1.47 bits per heavy atom. The second kappa shape index (κ2) is 7.33. The third kappa shape index (κ3) is 7.80. The number of urea groups is 1. The Morgan fingerprint density at radius 2 is 2.06 bits per heavy atom. The van der Waals surface area contributed by atoms with Crippen molar-refractivity contribution < 1.29 is 9.90 Å². The van der Waals surface area contributed by atoms with Crippen molar-refractivity contribution in [2.75, 3.05) is 13.1 Å². The molecule has 0 saturated heterocycles. The van der Waals surface area contributed by atoms with E-state index < -0.39 is 5.60 Å². The molecule has 100 valence electrons. The number of carbonyl (C=O) groups is 1. The summed E-state index contributed by atoms with van der Waals surface area (Å²) in [6.45, 7) is 10.2. The molecule has 4 heteroatoms. The summed E-state index contributed by atoms with van der Waals surface area (Å²) in [6, 6.07) is -0.0465. The van der Waals surface area contributed by atoms with Crippen LogP contribution in [-0.2, 0) is 0 Å². The Balaban J connectivity index is 4.26. The van der Waals surface area contributed by atoms with Gasteiger partial charge in [-0.2, -0.15) is 0 Å². The summed E-state index contributed by atoms with van der Waals surface area (Å²) in [5, 5.41) is 12.6. The lowest BCUT2D eigenvalue weighted by Gasteiger charge is -2.32. The lowest BCUT2D eigenvalue weighted by atomic mass is 10.1. The Bertz CT molecular complexity index is 255. The molecule has 0 saturated carbocycles. The fourth-order valence-electron chi connectivity index (χ4n) is 1.44. The molecule has 0 rings (SSSR count). The molecule has 0 aliphatic rings. The summed E-state index contributed by atoms with van der Waals surface area (Å²) in [4.78, 5) is 13.6. The number of hydrogen-bond acceptors (Lipinski definition) is 2. The zero-order valence-corrected chi connectivity index (χ0v) is 11.7. The van der Waals surface area contributed by atoms with E-state index in [4.69, 9.17) is 0 Å². The molecule has 0 bridgehead atoms. The van der Waals surface area contributed by atoms with Gasteiger partial charge in [0, 0.05) is 12.6 Å². The summed E-state index contributed by atoms with van der Waals surface area (Å²) in [5.74, 6) is 0. The smallest absolute Gasteiger partial charge is 0.317 e. The highest BCUT2D eigenvalue weighted by atomic mass is 16.3. The summed E-state index contributed by atoms with van der Waals surface area (Å²) < 4.78 is 0. The molecule has 0 spiro atoms. The summed E-state index contributed by atoms with van der Waals surface area (Å²) >= 11 is 0. The van der Waals surface area contributed by atoms with E-state index in [1.807, 2.05) is 32.9 Å². The van der Waals surface area contributed by atoms with Gasteiger partial charge < -0.3 is 15.3 Å². The largest absolute Gasteiger partial charge is 0.389 e. The number of amides is 2. The highest BCUT2D eigenvalue weighted by molar-refractivity contribution is 5.74. The van der Waals surface area contributed by atoms with Crippen LogP contribution in [0.5, 0.6) is 0 Å². The molecule has 0 heterocycles. The van der Waals surface area contributed by atoms with Crippen LogP contribution in [0.1, 0.15) is 41.0 Å². The fraction of sp³-hybridized carbons (Fsp3) is 0.769. The van der Waals surface area contributed by atoms with E-state index in [2.05, 4.69) is 5.32 Å². The van der Waals surface area contributed by atoms with Gasteiger partial charge in [-0.15, -0.1) is 0 Å². The number of hydrogen-bond donors (Lipinski definition) is 2. The van der Waals surface area contributed by atoms with E-state index >= 15 is 0 Å². The monoisotopic (exact) mass is 242 g/mol. The van der Waals surface area contributed by atoms with Crippen LogP contribution in [0.2, 0.25) is 0 Å². The SMILES string of the molecule is CC=CCCNC(=O)N(CC(C)(C)O)C(C)C. The first-order valence-electron chi connectivity index (χ1n) is 6.16. The first-order valence-corrected chi connectivity index (χ1v) is 6.16. The first kappa shape index (κ1) is 16.0. The number of allylic oxidation sites excluding steroid dienone is 1. The molecule has 17 heavy (non-hydrogen) atoms. The number of nitrogens with zero attached hydrogens (tertiary/aromatic N) is 1. The molecule has 0 fully saturated rings. The number of aliphatic hydroxyl groups is 1. The van der Waals surface area contributed by atoms with E-state index in [1.54, 1.807) is 18.7 Å². The fourth-order valence-corrected chi connectivity index (χ4v) is 1.44. The maximum absolute atomic E-state index is 11.9. The van der Waals surface area contributed by atoms with Crippen LogP contribution < -0.4 is 5.32 Å². The van der Waals surface area contributed by atoms with Crippen molar-refractivity contribution in [2.24, 2.45) is 0 Å². The molecule has 0 aromatic heterocycles. The zero-order chi connectivity index (χ0) is 13.5. The maximum atomic E-state index is 11.9. The molecule has 0 aliphatic carbocycles. The molecule has 0 radical (unpaired) electrons. The Kier molecular flexibility index (Phi) is 6.88. The molecule has 2 amide bonds. The standard InChI is InChI=1S/C13H26N2O2/c1-6-7-8-9-14-12(16)15(11(2)3)10-13(4,5)17/h6-7,11,17H,8-10H2,1-5H3,(H,14,16). The second-order valence-electron chi connectivity index (χ2n) is 5.12. The van der Waals surface area contributed by atoms with Crippen molar-refractivity contribution in [1.29, 1.82) is 0 Å². The van der Waals surface area contributed by atoms with E-state index in [0.717, 1.165) is 6.42 Å². The molecule has 2 N–H and O–H groups in total. The van der Waals surface area contributed by atoms with Crippen molar-refractivity contribution in [3.63, 3.8) is 0 Å². The van der Waals surface area contributed by atoms with Crippen LogP contribution in [-0.4, -0.2) is 40.8 Å². The van der Waals surface area contributed by atoms with Gasteiger partial charge in [0.15, 0.2) is 0 Å². The van der Waals surface area contributed by atoms with Crippen molar-refractivity contribution in [1.82, 2.24) is 10.2 Å². The predicted octanol–water partition coefficient (Wildman–Crippen LogP) is 2.14. The average molecular weight is 242 g/mol. The van der Waals surface area contributed by atoms with E-state index in [-0.39, 0.29) is 12.1 Å². The second-order valence-corrected chi connectivity index (χ2v) is 5.12. The maximum Gasteiger partial charge on any atom is 0.317 e. The normalized spacial score (nSPS) is 12.2. The number of nitrogens with one attached hydrogen (secondary N) is 1. The third-order valence-corrected chi connectivity index (χ3v) is 2.26. The molecule has 0 aliphatic heterocycles. The minimum atomic E-state index is -0.870. The van der Waals surface area contributed by atoms with Gasteiger partial charge in [0.2, 0.25) is 0 Å². The van der Waals surface area contributed by atoms with Gasteiger partial charge in [0.25, 0.3) is 0 Å². The Hall–Kier alpha value is -1.03. The highest BCUT2D eigenvalue weighted by Gasteiger charge is 2.24. The van der Waals surface area contributed by atoms with Crippen molar-refractivity contribution in [3.05, 3.63) is 12.2 Å². The zero-order valence-electron chi connectivity index (χ0n) is 11.7. The van der Waals surface area contributed by atoms with Crippen LogP contribution >= 0.6 is 0 Å². The lowest BCUT2D eigenvalue weighted by Crippen LogP contribution is -2.50. The third-order valence-electron chi connectivity index (χ3n) is 2.26. The van der Waals surface area contributed by atoms with Crippen LogP contribution in [0.4, 0.5) is 4.79 Å². The quantitative estimate of drug-likeness (QED) is 0.554. The van der Waals surface area contributed by atoms with Gasteiger partial charge >= 0.3 is 6.03 Å². The van der Waals surface area contributed by atoms with Crippen LogP contribution in [0, 0.1) is 0 Å². The Morgan fingerprint density at radius 3 is 2.47 bits per heavy atom. The molecular formula is C13H26N2O2. The van der Waals surface area contributed by atoms with Crippen molar-refractivity contribution in [3.8, 4) is 0 Å². The predicted molar refractivity (Wildman–Crippen MR) is 71.0 cm³/mol. The lowest BCUT2D eigenvalue weighted by molar-refractivity contribution is 0.0388. The van der Waals surface area contributed by atoms with Crippen LogP contribution in [0.15, 0.2) is 12.2 Å². The summed E-state index contributed by atoms with van der Waals surface area (Å²) in [7, 11) is 0. The molecular weight excluding hydrogens is 216 g/mol. The van der Waals surface area contributed by atoms with E-state index in [1.165, 1.54) is 0 Å². The number of carbonyl (C=O) groups excluding carboxylic acids is 1. The minimum Gasteiger partial charge on any atom is -0.389 e. The van der Waals surface area contributed by atoms with E-state index in [0.29, 0.717) is 13.1 Å². The molecule has 0 aromatic carbocycles. The van der Waals surface area contributed by atoms with Gasteiger partial charge in [-0.05, 0) is 41.0 Å². The van der Waals surface area contributed by atoms with Crippen LogP contribution in [0.25, 0.3) is 0 Å². The Labute approximate surface area is 105 Å². The molecule has 0 aromatic rings. The topological polar surface area (TPSA) is 52.6 Å². The van der Waals surface area contributed by atoms with Gasteiger partial charge in [-0.25, -0.2) is 4.79 Å². The molecule has 4 nitrogen and oxygen atoms in total. The molecule has 0 unspecified atom stereocenters. The van der Waals surface area contributed by atoms with Gasteiger partial charge in [0.05, 0.1) is 12.1 Å². The van der Waals surface area contributed by atoms with Gasteiger partial charge in [0.1, 0.15) is 0 Å². The van der Waals surface area contributed by atoms with Crippen molar-refractivity contribution >= 4 is 6.03 Å². The van der Waals surface area contributed by atoms with Crippen LogP contribution in [0.3, 0.4) is 0 Å². The van der Waals surface area contributed by atoms with Crippen molar-refractivity contribution in [2.45, 2.75) is 52.7 Å². The summed E-state index contributed by atoms with van der Waals surface area (Å²) in [6.07, 6.45) is 4.80. The number of rotatable bonds is 6. The van der Waals surface area contributed by atoms with Gasteiger partial charge in [-0.3, -0.25) is 0 Å². The van der Waals surface area contributed by atoms with Gasteiger partial charge in [-0.1, -0.05) is 12.2 Å².